The minimum atomic E-state index is -2.89. The van der Waals surface area contributed by atoms with Crippen LogP contribution < -0.4 is 0 Å². The fourth-order valence-corrected chi connectivity index (χ4v) is 2.94. The molecule has 172 valence electrons. The fourth-order valence-electron chi connectivity index (χ4n) is 2.94. The van der Waals surface area contributed by atoms with Gasteiger partial charge in [-0.15, -0.1) is 0 Å². The molecule has 1 unspecified atom stereocenters. The number of halogens is 2. The third-order valence-electron chi connectivity index (χ3n) is 4.17. The molecule has 1 N–H and O–H groups in total. The van der Waals surface area contributed by atoms with E-state index < -0.39 is 65.3 Å². The second-order valence-corrected chi connectivity index (χ2v) is 9.15. The molecule has 30 heavy (non-hydrogen) atoms. The van der Waals surface area contributed by atoms with Gasteiger partial charge >= 0.3 is 18.2 Å². The number of ether oxygens (including phenoxy) is 3. The number of hydrogen-bond acceptors (Lipinski definition) is 7. The molecule has 1 aliphatic carbocycles. The molecular weight excluding hydrogens is 404 g/mol. The maximum Gasteiger partial charge on any atom is 0.420 e. The molecule has 1 aliphatic rings. The Morgan fingerprint density at radius 2 is 1.53 bits per heavy atom. The van der Waals surface area contributed by atoms with E-state index >= 15 is 4.39 Å². The molecule has 0 heterocycles. The lowest BCUT2D eigenvalue weighted by atomic mass is 10.0. The second-order valence-electron chi connectivity index (χ2n) is 9.15. The Balaban J connectivity index is 3.54. The number of rotatable bonds is 6. The van der Waals surface area contributed by atoms with Crippen LogP contribution in [0.25, 0.3) is 0 Å². The monoisotopic (exact) mass is 435 g/mol. The van der Waals surface area contributed by atoms with Crippen LogP contribution in [0.15, 0.2) is 12.4 Å². The van der Waals surface area contributed by atoms with Gasteiger partial charge in [-0.25, -0.2) is 23.2 Å². The third-order valence-corrected chi connectivity index (χ3v) is 4.17. The Hall–Kier alpha value is -2.23. The average Bonchev–Trinajstić information content (AvgIpc) is 3.11. The fraction of sp³-hybridized carbons (Fsp3) is 0.750. The molecule has 8 nitrogen and oxygen atoms in total. The maximum atomic E-state index is 15.8. The number of hydrogen-bond donors (Lipinski definition) is 1. The van der Waals surface area contributed by atoms with Crippen LogP contribution >= 0.6 is 0 Å². The van der Waals surface area contributed by atoms with Crippen molar-refractivity contribution in [2.45, 2.75) is 89.8 Å². The van der Waals surface area contributed by atoms with E-state index in [0.717, 1.165) is 0 Å². The van der Waals surface area contributed by atoms with E-state index in [2.05, 4.69) is 6.58 Å². The van der Waals surface area contributed by atoms with Crippen molar-refractivity contribution in [2.75, 3.05) is 6.61 Å². The van der Waals surface area contributed by atoms with Crippen molar-refractivity contribution in [1.29, 1.82) is 0 Å². The molecule has 10 heteroatoms. The Morgan fingerprint density at radius 3 is 1.87 bits per heavy atom. The van der Waals surface area contributed by atoms with Gasteiger partial charge in [-0.1, -0.05) is 6.58 Å². The first-order valence-electron chi connectivity index (χ1n) is 9.55. The summed E-state index contributed by atoms with van der Waals surface area (Å²) in [6.45, 7) is 13.3. The zero-order valence-corrected chi connectivity index (χ0v) is 18.5. The number of amides is 2. The van der Waals surface area contributed by atoms with Crippen molar-refractivity contribution < 1.29 is 42.5 Å². The number of alkyl halides is 1. The quantitative estimate of drug-likeness (QED) is 0.500. The van der Waals surface area contributed by atoms with Gasteiger partial charge in [-0.3, -0.25) is 0 Å². The second kappa shape index (κ2) is 8.49. The van der Waals surface area contributed by atoms with Gasteiger partial charge in [0.15, 0.2) is 11.2 Å². The molecule has 0 aromatic heterocycles. The molecule has 1 saturated carbocycles. The molecule has 2 amide bonds. The lowest BCUT2D eigenvalue weighted by Gasteiger charge is -2.34. The van der Waals surface area contributed by atoms with Gasteiger partial charge in [0.05, 0.1) is 18.5 Å². The largest absolute Gasteiger partial charge is 0.464 e. The lowest BCUT2D eigenvalue weighted by Crippen LogP contribution is -2.59. The predicted molar refractivity (Wildman–Crippen MR) is 103 cm³/mol. The van der Waals surface area contributed by atoms with Gasteiger partial charge in [0.25, 0.3) is 0 Å². The smallest absolute Gasteiger partial charge is 0.420 e. The van der Waals surface area contributed by atoms with E-state index in [9.17, 15) is 23.9 Å². The van der Waals surface area contributed by atoms with Gasteiger partial charge in [-0.2, -0.15) is 4.90 Å². The number of carbonyl (C=O) groups excluding carboxylic acids is 3. The maximum absolute atomic E-state index is 15.8. The summed E-state index contributed by atoms with van der Waals surface area (Å²) < 4.78 is 44.3. The zero-order chi connectivity index (χ0) is 23.7. The Morgan fingerprint density at radius 1 is 1.10 bits per heavy atom. The molecule has 0 aromatic carbocycles. The molecule has 0 saturated heterocycles. The van der Waals surface area contributed by atoms with Crippen molar-refractivity contribution in [2.24, 2.45) is 0 Å². The van der Waals surface area contributed by atoms with Crippen LogP contribution in [0, 0.1) is 0 Å². The standard InChI is InChI=1S/C20H31F2NO7/c1-9-28-14(25)20(11-19(20,22)13(24)10-12(2)21)23(15(26)29-17(3,4)5)16(27)30-18(6,7)8/h13,24H,2,9-11H2,1,3-8H3/t13?,19-,20+/m1/s1. The van der Waals surface area contributed by atoms with E-state index in [0.29, 0.717) is 0 Å². The Kier molecular flexibility index (Phi) is 7.30. The minimum Gasteiger partial charge on any atom is -0.464 e. The molecule has 3 atom stereocenters. The van der Waals surface area contributed by atoms with Crippen LogP contribution in [0.3, 0.4) is 0 Å². The highest BCUT2D eigenvalue weighted by Crippen LogP contribution is 2.59. The topological polar surface area (TPSA) is 102 Å². The number of imide groups is 1. The lowest BCUT2D eigenvalue weighted by molar-refractivity contribution is -0.155. The molecule has 0 spiro atoms. The summed E-state index contributed by atoms with van der Waals surface area (Å²) in [6.07, 6.45) is -6.46. The molecule has 0 aromatic rings. The van der Waals surface area contributed by atoms with Crippen LogP contribution in [0.2, 0.25) is 0 Å². The van der Waals surface area contributed by atoms with Crippen LogP contribution in [-0.4, -0.2) is 63.3 Å². The van der Waals surface area contributed by atoms with Gasteiger partial charge in [0.2, 0.25) is 0 Å². The molecule has 1 fully saturated rings. The zero-order valence-electron chi connectivity index (χ0n) is 18.5. The Labute approximate surface area is 175 Å². The highest BCUT2D eigenvalue weighted by atomic mass is 19.1. The molecule has 0 aliphatic heterocycles. The van der Waals surface area contributed by atoms with Crippen molar-refractivity contribution in [3.05, 3.63) is 12.4 Å². The van der Waals surface area contributed by atoms with Crippen molar-refractivity contribution in [3.63, 3.8) is 0 Å². The highest BCUT2D eigenvalue weighted by Gasteiger charge is 2.83. The summed E-state index contributed by atoms with van der Waals surface area (Å²) in [5.41, 5.74) is -7.68. The van der Waals surface area contributed by atoms with Crippen LogP contribution in [-0.2, 0) is 19.0 Å². The summed E-state index contributed by atoms with van der Waals surface area (Å²) in [4.78, 5) is 38.7. The number of esters is 1. The van der Waals surface area contributed by atoms with E-state index in [1.807, 2.05) is 0 Å². The van der Waals surface area contributed by atoms with E-state index in [4.69, 9.17) is 14.2 Å². The first-order chi connectivity index (χ1) is 13.4. The van der Waals surface area contributed by atoms with Crippen molar-refractivity contribution in [1.82, 2.24) is 4.90 Å². The van der Waals surface area contributed by atoms with Gasteiger partial charge in [-0.05, 0) is 48.5 Å². The SMILES string of the molecule is C=C(F)CC(O)[C@]1(F)C[C@@]1(C(=O)OCC)N(C(=O)OC(C)(C)C)C(=O)OC(C)(C)C. The van der Waals surface area contributed by atoms with Crippen LogP contribution in [0.1, 0.15) is 61.3 Å². The summed E-state index contributed by atoms with van der Waals surface area (Å²) >= 11 is 0. The molecule has 0 bridgehead atoms. The third kappa shape index (κ3) is 5.47. The highest BCUT2D eigenvalue weighted by molar-refractivity contribution is 6.00. The molecular formula is C20H31F2NO7. The Bertz CT molecular complexity index is 685. The van der Waals surface area contributed by atoms with Gasteiger partial charge < -0.3 is 19.3 Å². The summed E-state index contributed by atoms with van der Waals surface area (Å²) in [5.74, 6) is -2.32. The van der Waals surface area contributed by atoms with E-state index in [1.165, 1.54) is 48.5 Å². The summed E-state index contributed by atoms with van der Waals surface area (Å²) in [6, 6.07) is 0. The average molecular weight is 435 g/mol. The predicted octanol–water partition coefficient (Wildman–Crippen LogP) is 3.81. The number of aliphatic hydroxyl groups is 1. The van der Waals surface area contributed by atoms with Crippen molar-refractivity contribution >= 4 is 18.2 Å². The molecule has 1 rings (SSSR count). The van der Waals surface area contributed by atoms with E-state index in [-0.39, 0.29) is 11.5 Å². The normalized spacial score (nSPS) is 24.5. The summed E-state index contributed by atoms with van der Waals surface area (Å²) in [5, 5.41) is 10.2. The van der Waals surface area contributed by atoms with Crippen molar-refractivity contribution in [3.8, 4) is 0 Å². The number of carbonyl (C=O) groups is 3. The summed E-state index contributed by atoms with van der Waals surface area (Å²) in [7, 11) is 0. The minimum absolute atomic E-state index is 0.186. The van der Waals surface area contributed by atoms with Gasteiger partial charge in [0.1, 0.15) is 11.2 Å². The van der Waals surface area contributed by atoms with E-state index in [1.54, 1.807) is 0 Å². The van der Waals surface area contributed by atoms with Crippen LogP contribution in [0.4, 0.5) is 18.4 Å². The first-order valence-corrected chi connectivity index (χ1v) is 9.55. The van der Waals surface area contributed by atoms with Crippen LogP contribution in [0.5, 0.6) is 0 Å². The number of nitrogens with zero attached hydrogens (tertiary/aromatic N) is 1. The number of aliphatic hydroxyl groups excluding tert-OH is 1. The molecule has 0 radical (unpaired) electrons. The van der Waals surface area contributed by atoms with Gasteiger partial charge in [0, 0.05) is 12.8 Å². The first kappa shape index (κ1) is 25.8.